The Morgan fingerprint density at radius 1 is 1.50 bits per heavy atom. The fourth-order valence-corrected chi connectivity index (χ4v) is 2.40. The molecule has 0 aromatic heterocycles. The van der Waals surface area contributed by atoms with E-state index in [0.717, 1.165) is 5.56 Å². The zero-order chi connectivity index (χ0) is 13.1. The maximum atomic E-state index is 11.9. The van der Waals surface area contributed by atoms with Crippen molar-refractivity contribution in [1.82, 2.24) is 4.90 Å². The summed E-state index contributed by atoms with van der Waals surface area (Å²) in [5.41, 5.74) is 1.05. The Labute approximate surface area is 120 Å². The predicted octanol–water partition coefficient (Wildman–Crippen LogP) is 3.02. The molecule has 0 saturated carbocycles. The Bertz CT molecular complexity index is 422. The van der Waals surface area contributed by atoms with Gasteiger partial charge in [-0.25, -0.2) is 0 Å². The van der Waals surface area contributed by atoms with Crippen molar-refractivity contribution in [2.24, 2.45) is 0 Å². The molecule has 1 amide bonds. The zero-order valence-electron chi connectivity index (χ0n) is 10.1. The van der Waals surface area contributed by atoms with Gasteiger partial charge in [-0.2, -0.15) is 0 Å². The lowest BCUT2D eigenvalue weighted by Gasteiger charge is -2.34. The Morgan fingerprint density at radius 2 is 2.17 bits per heavy atom. The van der Waals surface area contributed by atoms with Gasteiger partial charge in [-0.05, 0) is 24.6 Å². The second-order valence-electron chi connectivity index (χ2n) is 4.31. The molecule has 18 heavy (non-hydrogen) atoms. The summed E-state index contributed by atoms with van der Waals surface area (Å²) in [7, 11) is 0. The number of alkyl halides is 1. The fraction of sp³-hybridized carbons (Fsp3) is 0.462. The van der Waals surface area contributed by atoms with E-state index in [-0.39, 0.29) is 16.8 Å². The van der Waals surface area contributed by atoms with Crippen LogP contribution < -0.4 is 0 Å². The van der Waals surface area contributed by atoms with E-state index in [4.69, 9.17) is 16.3 Å². The molecule has 1 aliphatic heterocycles. The molecule has 0 spiro atoms. The number of carbonyl (C=O) groups is 1. The van der Waals surface area contributed by atoms with E-state index in [1.165, 1.54) is 0 Å². The molecule has 1 aromatic rings. The molecule has 1 aromatic carbocycles. The van der Waals surface area contributed by atoms with Gasteiger partial charge in [-0.15, -0.1) is 0 Å². The van der Waals surface area contributed by atoms with E-state index >= 15 is 0 Å². The number of morpholine rings is 1. The number of rotatable bonds is 2. The van der Waals surface area contributed by atoms with Crippen LogP contribution in [0, 0.1) is 0 Å². The average molecular weight is 333 g/mol. The largest absolute Gasteiger partial charge is 0.370 e. The van der Waals surface area contributed by atoms with Crippen LogP contribution in [0.2, 0.25) is 5.02 Å². The molecule has 0 N–H and O–H groups in total. The van der Waals surface area contributed by atoms with E-state index in [1.54, 1.807) is 0 Å². The second kappa shape index (κ2) is 6.04. The van der Waals surface area contributed by atoms with Gasteiger partial charge in [0.05, 0.1) is 18.0 Å². The molecular weight excluding hydrogens is 318 g/mol. The van der Waals surface area contributed by atoms with Gasteiger partial charge in [-0.1, -0.05) is 39.7 Å². The topological polar surface area (TPSA) is 29.5 Å². The van der Waals surface area contributed by atoms with E-state index in [0.29, 0.717) is 24.7 Å². The number of hydrogen-bond donors (Lipinski definition) is 0. The molecule has 1 heterocycles. The quantitative estimate of drug-likeness (QED) is 0.779. The molecule has 1 fully saturated rings. The highest BCUT2D eigenvalue weighted by Crippen LogP contribution is 2.24. The third-order valence-corrected chi connectivity index (χ3v) is 3.60. The summed E-state index contributed by atoms with van der Waals surface area (Å²) in [6.07, 6.45) is -0.0637. The Morgan fingerprint density at radius 3 is 2.78 bits per heavy atom. The van der Waals surface area contributed by atoms with Gasteiger partial charge < -0.3 is 9.64 Å². The molecule has 0 bridgehead atoms. The highest BCUT2D eigenvalue weighted by atomic mass is 79.9. The fourth-order valence-electron chi connectivity index (χ4n) is 1.98. The number of benzene rings is 1. The smallest absolute Gasteiger partial charge is 0.236 e. The first-order valence-corrected chi connectivity index (χ1v) is 7.17. The summed E-state index contributed by atoms with van der Waals surface area (Å²) in [4.78, 5) is 13.6. The standard InChI is InChI=1S/C13H15BrClNO2/c1-9(14)13(17)16-6-7-18-12(8-16)10-2-4-11(15)5-3-10/h2-5,9,12H,6-8H2,1H3/t9-,12-/m1/s1. The van der Waals surface area contributed by atoms with Crippen molar-refractivity contribution in [3.8, 4) is 0 Å². The Balaban J connectivity index is 2.07. The van der Waals surface area contributed by atoms with Gasteiger partial charge in [0.1, 0.15) is 6.10 Å². The number of nitrogens with zero attached hydrogens (tertiary/aromatic N) is 1. The molecule has 1 saturated heterocycles. The maximum Gasteiger partial charge on any atom is 0.236 e. The van der Waals surface area contributed by atoms with Gasteiger partial charge in [0.2, 0.25) is 5.91 Å². The lowest BCUT2D eigenvalue weighted by molar-refractivity contribution is -0.137. The van der Waals surface area contributed by atoms with Crippen molar-refractivity contribution in [2.75, 3.05) is 19.7 Å². The maximum absolute atomic E-state index is 11.9. The van der Waals surface area contributed by atoms with Crippen LogP contribution in [0.5, 0.6) is 0 Å². The van der Waals surface area contributed by atoms with Gasteiger partial charge in [0, 0.05) is 11.6 Å². The first-order valence-electron chi connectivity index (χ1n) is 5.88. The highest BCUT2D eigenvalue weighted by molar-refractivity contribution is 9.10. The van der Waals surface area contributed by atoms with Crippen LogP contribution in [-0.2, 0) is 9.53 Å². The molecule has 0 radical (unpaired) electrons. The van der Waals surface area contributed by atoms with Crippen LogP contribution in [0.25, 0.3) is 0 Å². The van der Waals surface area contributed by atoms with E-state index < -0.39 is 0 Å². The molecule has 1 aliphatic rings. The highest BCUT2D eigenvalue weighted by Gasteiger charge is 2.27. The van der Waals surface area contributed by atoms with E-state index in [1.807, 2.05) is 36.1 Å². The van der Waals surface area contributed by atoms with Crippen LogP contribution in [-0.4, -0.2) is 35.3 Å². The lowest BCUT2D eigenvalue weighted by atomic mass is 10.1. The van der Waals surface area contributed by atoms with Crippen LogP contribution in [0.3, 0.4) is 0 Å². The van der Waals surface area contributed by atoms with Crippen molar-refractivity contribution < 1.29 is 9.53 Å². The molecular formula is C13H15BrClNO2. The first-order chi connectivity index (χ1) is 8.58. The summed E-state index contributed by atoms with van der Waals surface area (Å²) >= 11 is 9.17. The van der Waals surface area contributed by atoms with Crippen LogP contribution in [0.1, 0.15) is 18.6 Å². The summed E-state index contributed by atoms with van der Waals surface area (Å²) in [5, 5.41) is 0.705. The summed E-state index contributed by atoms with van der Waals surface area (Å²) < 4.78 is 5.71. The van der Waals surface area contributed by atoms with Crippen LogP contribution >= 0.6 is 27.5 Å². The van der Waals surface area contributed by atoms with Gasteiger partial charge in [-0.3, -0.25) is 4.79 Å². The van der Waals surface area contributed by atoms with Gasteiger partial charge in [0.25, 0.3) is 0 Å². The van der Waals surface area contributed by atoms with Gasteiger partial charge >= 0.3 is 0 Å². The molecule has 5 heteroatoms. The molecule has 2 rings (SSSR count). The van der Waals surface area contributed by atoms with Crippen LogP contribution in [0.15, 0.2) is 24.3 Å². The van der Waals surface area contributed by atoms with Crippen molar-refractivity contribution in [2.45, 2.75) is 17.9 Å². The minimum atomic E-state index is -0.151. The molecule has 2 atom stereocenters. The molecule has 3 nitrogen and oxygen atoms in total. The summed E-state index contributed by atoms with van der Waals surface area (Å²) in [6.45, 7) is 3.66. The number of amides is 1. The minimum absolute atomic E-state index is 0.0637. The van der Waals surface area contributed by atoms with E-state index in [2.05, 4.69) is 15.9 Å². The first kappa shape index (κ1) is 13.8. The van der Waals surface area contributed by atoms with Gasteiger partial charge in [0.15, 0.2) is 0 Å². The molecule has 0 unspecified atom stereocenters. The SMILES string of the molecule is C[C@@H](Br)C(=O)N1CCO[C@@H](c2ccc(Cl)cc2)C1. The third kappa shape index (κ3) is 3.25. The Hall–Kier alpha value is -0.580. The van der Waals surface area contributed by atoms with Crippen molar-refractivity contribution >= 4 is 33.4 Å². The predicted molar refractivity (Wildman–Crippen MR) is 75.1 cm³/mol. The van der Waals surface area contributed by atoms with Crippen molar-refractivity contribution in [1.29, 1.82) is 0 Å². The number of halogens is 2. The van der Waals surface area contributed by atoms with Crippen molar-refractivity contribution in [3.63, 3.8) is 0 Å². The Kier molecular flexibility index (Phi) is 4.65. The summed E-state index contributed by atoms with van der Waals surface area (Å²) in [6, 6.07) is 7.57. The number of carbonyl (C=O) groups excluding carboxylic acids is 1. The normalized spacial score (nSPS) is 21.7. The zero-order valence-corrected chi connectivity index (χ0v) is 12.4. The van der Waals surface area contributed by atoms with E-state index in [9.17, 15) is 4.79 Å². The molecule has 0 aliphatic carbocycles. The summed E-state index contributed by atoms with van der Waals surface area (Å²) in [5.74, 6) is 0.109. The monoisotopic (exact) mass is 331 g/mol. The van der Waals surface area contributed by atoms with Crippen molar-refractivity contribution in [3.05, 3.63) is 34.9 Å². The lowest BCUT2D eigenvalue weighted by Crippen LogP contribution is -2.44. The minimum Gasteiger partial charge on any atom is -0.370 e. The second-order valence-corrected chi connectivity index (χ2v) is 6.12. The number of hydrogen-bond acceptors (Lipinski definition) is 2. The third-order valence-electron chi connectivity index (χ3n) is 2.96. The molecule has 98 valence electrons. The average Bonchev–Trinajstić information content (AvgIpc) is 2.38. The van der Waals surface area contributed by atoms with Crippen LogP contribution in [0.4, 0.5) is 0 Å². The number of ether oxygens (including phenoxy) is 1.